The van der Waals surface area contributed by atoms with Gasteiger partial charge in [0.15, 0.2) is 0 Å². The van der Waals surface area contributed by atoms with Crippen LogP contribution in [0, 0.1) is 0 Å². The number of anilines is 3. The predicted molar refractivity (Wildman–Crippen MR) is 80.5 cm³/mol. The van der Waals surface area contributed by atoms with Crippen molar-refractivity contribution < 1.29 is 0 Å². The van der Waals surface area contributed by atoms with Crippen molar-refractivity contribution in [1.82, 2.24) is 9.97 Å². The first-order chi connectivity index (χ1) is 9.11. The van der Waals surface area contributed by atoms with Gasteiger partial charge < -0.3 is 10.2 Å². The molecule has 0 saturated heterocycles. The Labute approximate surface area is 118 Å². The van der Waals surface area contributed by atoms with Crippen LogP contribution >= 0.6 is 11.6 Å². The second kappa shape index (κ2) is 5.89. The van der Waals surface area contributed by atoms with E-state index in [0.717, 1.165) is 29.2 Å². The fraction of sp³-hybridized carbons (Fsp3) is 0.286. The van der Waals surface area contributed by atoms with Crippen LogP contribution in [0.2, 0.25) is 5.15 Å². The third-order valence-corrected chi connectivity index (χ3v) is 3.22. The van der Waals surface area contributed by atoms with Crippen molar-refractivity contribution in [2.24, 2.45) is 0 Å². The standard InChI is InChI=1S/C14H17ClN4/c1-4-12-13(15)16-9-17-14(12)18-10-5-7-11(8-6-10)19(2)3/h5-9H,4H2,1-3H3,(H,16,17,18). The minimum Gasteiger partial charge on any atom is -0.378 e. The van der Waals surface area contributed by atoms with Gasteiger partial charge in [-0.2, -0.15) is 0 Å². The predicted octanol–water partition coefficient (Wildman–Crippen LogP) is 3.50. The molecular weight excluding hydrogens is 260 g/mol. The van der Waals surface area contributed by atoms with Crippen LogP contribution in [-0.2, 0) is 6.42 Å². The van der Waals surface area contributed by atoms with E-state index in [0.29, 0.717) is 5.15 Å². The molecule has 0 atom stereocenters. The summed E-state index contributed by atoms with van der Waals surface area (Å²) in [6, 6.07) is 8.14. The lowest BCUT2D eigenvalue weighted by Crippen LogP contribution is -2.08. The Morgan fingerprint density at radius 2 is 1.84 bits per heavy atom. The van der Waals surface area contributed by atoms with Crippen molar-refractivity contribution in [2.45, 2.75) is 13.3 Å². The van der Waals surface area contributed by atoms with E-state index in [1.807, 2.05) is 33.2 Å². The van der Waals surface area contributed by atoms with Crippen LogP contribution in [0.25, 0.3) is 0 Å². The number of hydrogen-bond acceptors (Lipinski definition) is 4. The zero-order valence-electron chi connectivity index (χ0n) is 11.3. The van der Waals surface area contributed by atoms with E-state index < -0.39 is 0 Å². The molecule has 5 heteroatoms. The lowest BCUT2D eigenvalue weighted by molar-refractivity contribution is 1.05. The lowest BCUT2D eigenvalue weighted by atomic mass is 10.2. The zero-order chi connectivity index (χ0) is 13.8. The molecular formula is C14H17ClN4. The molecule has 100 valence electrons. The molecule has 0 aliphatic carbocycles. The molecule has 1 heterocycles. The third-order valence-electron chi connectivity index (χ3n) is 2.89. The molecule has 0 amide bonds. The van der Waals surface area contributed by atoms with E-state index >= 15 is 0 Å². The smallest absolute Gasteiger partial charge is 0.138 e. The van der Waals surface area contributed by atoms with Crippen molar-refractivity contribution in [3.8, 4) is 0 Å². The van der Waals surface area contributed by atoms with Gasteiger partial charge in [-0.05, 0) is 30.7 Å². The topological polar surface area (TPSA) is 41.1 Å². The number of halogens is 1. The maximum Gasteiger partial charge on any atom is 0.138 e. The number of nitrogens with one attached hydrogen (secondary N) is 1. The largest absolute Gasteiger partial charge is 0.378 e. The van der Waals surface area contributed by atoms with Crippen LogP contribution < -0.4 is 10.2 Å². The van der Waals surface area contributed by atoms with Crippen LogP contribution in [0.15, 0.2) is 30.6 Å². The maximum absolute atomic E-state index is 6.06. The Balaban J connectivity index is 2.24. The van der Waals surface area contributed by atoms with Gasteiger partial charge in [-0.25, -0.2) is 9.97 Å². The Morgan fingerprint density at radius 1 is 1.16 bits per heavy atom. The summed E-state index contributed by atoms with van der Waals surface area (Å²) in [5.74, 6) is 0.764. The summed E-state index contributed by atoms with van der Waals surface area (Å²) in [6.45, 7) is 2.03. The molecule has 0 bridgehead atoms. The van der Waals surface area contributed by atoms with Gasteiger partial charge in [0, 0.05) is 31.0 Å². The highest BCUT2D eigenvalue weighted by Gasteiger charge is 2.08. The van der Waals surface area contributed by atoms with Crippen LogP contribution in [0.3, 0.4) is 0 Å². The molecule has 0 fully saturated rings. The SMILES string of the molecule is CCc1c(Cl)ncnc1Nc1ccc(N(C)C)cc1. The normalized spacial score (nSPS) is 10.3. The summed E-state index contributed by atoms with van der Waals surface area (Å²) in [6.07, 6.45) is 2.26. The maximum atomic E-state index is 6.06. The molecule has 0 unspecified atom stereocenters. The molecule has 19 heavy (non-hydrogen) atoms. The number of aromatic nitrogens is 2. The van der Waals surface area contributed by atoms with E-state index in [9.17, 15) is 0 Å². The van der Waals surface area contributed by atoms with Gasteiger partial charge >= 0.3 is 0 Å². The van der Waals surface area contributed by atoms with E-state index in [4.69, 9.17) is 11.6 Å². The first-order valence-corrected chi connectivity index (χ1v) is 6.53. The van der Waals surface area contributed by atoms with Crippen molar-refractivity contribution in [3.05, 3.63) is 41.3 Å². The zero-order valence-corrected chi connectivity index (χ0v) is 12.1. The van der Waals surface area contributed by atoms with E-state index in [-0.39, 0.29) is 0 Å². The van der Waals surface area contributed by atoms with E-state index in [1.165, 1.54) is 6.33 Å². The summed E-state index contributed by atoms with van der Waals surface area (Å²) in [5, 5.41) is 3.78. The highest BCUT2D eigenvalue weighted by molar-refractivity contribution is 6.30. The summed E-state index contributed by atoms with van der Waals surface area (Å²) >= 11 is 6.06. The van der Waals surface area contributed by atoms with Crippen LogP contribution in [0.1, 0.15) is 12.5 Å². The Hall–Kier alpha value is -1.81. The van der Waals surface area contributed by atoms with Crippen molar-refractivity contribution >= 4 is 28.8 Å². The van der Waals surface area contributed by atoms with Crippen molar-refractivity contribution in [2.75, 3.05) is 24.3 Å². The average Bonchev–Trinajstić information content (AvgIpc) is 2.39. The van der Waals surface area contributed by atoms with E-state index in [2.05, 4.69) is 32.3 Å². The molecule has 0 spiro atoms. The molecule has 1 N–H and O–H groups in total. The van der Waals surface area contributed by atoms with Gasteiger partial charge in [-0.3, -0.25) is 0 Å². The fourth-order valence-corrected chi connectivity index (χ4v) is 2.06. The highest BCUT2D eigenvalue weighted by atomic mass is 35.5. The Kier molecular flexibility index (Phi) is 4.22. The first kappa shape index (κ1) is 13.6. The first-order valence-electron chi connectivity index (χ1n) is 6.15. The monoisotopic (exact) mass is 276 g/mol. The molecule has 1 aromatic carbocycles. The fourth-order valence-electron chi connectivity index (χ4n) is 1.79. The molecule has 2 aromatic rings. The summed E-state index contributed by atoms with van der Waals surface area (Å²) in [4.78, 5) is 10.3. The van der Waals surface area contributed by atoms with Gasteiger partial charge in [-0.15, -0.1) is 0 Å². The average molecular weight is 277 g/mol. The molecule has 1 aromatic heterocycles. The highest BCUT2D eigenvalue weighted by Crippen LogP contribution is 2.24. The van der Waals surface area contributed by atoms with Crippen LogP contribution in [-0.4, -0.2) is 24.1 Å². The number of benzene rings is 1. The van der Waals surface area contributed by atoms with Gasteiger partial charge in [0.1, 0.15) is 17.3 Å². The molecule has 4 nitrogen and oxygen atoms in total. The lowest BCUT2D eigenvalue weighted by Gasteiger charge is -2.14. The molecule has 0 saturated carbocycles. The number of hydrogen-bond donors (Lipinski definition) is 1. The quantitative estimate of drug-likeness (QED) is 0.868. The van der Waals surface area contributed by atoms with Gasteiger partial charge in [0.05, 0.1) is 0 Å². The van der Waals surface area contributed by atoms with Crippen molar-refractivity contribution in [1.29, 1.82) is 0 Å². The number of nitrogens with zero attached hydrogens (tertiary/aromatic N) is 3. The van der Waals surface area contributed by atoms with Crippen LogP contribution in [0.5, 0.6) is 0 Å². The Bertz CT molecular complexity index is 552. The Morgan fingerprint density at radius 3 is 2.42 bits per heavy atom. The minimum atomic E-state index is 0.505. The summed E-state index contributed by atoms with van der Waals surface area (Å²) in [7, 11) is 4.03. The van der Waals surface area contributed by atoms with Gasteiger partial charge in [0.25, 0.3) is 0 Å². The summed E-state index contributed by atoms with van der Waals surface area (Å²) in [5.41, 5.74) is 3.07. The van der Waals surface area contributed by atoms with Crippen LogP contribution in [0.4, 0.5) is 17.2 Å². The van der Waals surface area contributed by atoms with Gasteiger partial charge in [0.2, 0.25) is 0 Å². The molecule has 0 radical (unpaired) electrons. The van der Waals surface area contributed by atoms with Crippen molar-refractivity contribution in [3.63, 3.8) is 0 Å². The second-order valence-corrected chi connectivity index (χ2v) is 4.77. The number of rotatable bonds is 4. The summed E-state index contributed by atoms with van der Waals surface area (Å²) < 4.78 is 0. The molecule has 0 aliphatic rings. The minimum absolute atomic E-state index is 0.505. The van der Waals surface area contributed by atoms with Gasteiger partial charge in [-0.1, -0.05) is 18.5 Å². The second-order valence-electron chi connectivity index (χ2n) is 4.41. The molecule has 0 aliphatic heterocycles. The molecule has 2 rings (SSSR count). The van der Waals surface area contributed by atoms with E-state index in [1.54, 1.807) is 0 Å². The third kappa shape index (κ3) is 3.15.